The number of hydrogen-bond acceptors (Lipinski definition) is 3. The van der Waals surface area contributed by atoms with Crippen molar-refractivity contribution in [3.05, 3.63) is 54.7 Å². The minimum absolute atomic E-state index is 0.0265. The zero-order chi connectivity index (χ0) is 15.4. The van der Waals surface area contributed by atoms with E-state index in [0.717, 1.165) is 5.69 Å². The summed E-state index contributed by atoms with van der Waals surface area (Å²) < 4.78 is 0. The number of rotatable bonds is 4. The Hall–Kier alpha value is -2.89. The van der Waals surface area contributed by atoms with Gasteiger partial charge in [-0.25, -0.2) is 9.78 Å². The van der Waals surface area contributed by atoms with E-state index >= 15 is 0 Å². The minimum Gasteiger partial charge on any atom is -0.313 e. The van der Waals surface area contributed by atoms with Gasteiger partial charge < -0.3 is 10.2 Å². The molecule has 0 aliphatic carbocycles. The van der Waals surface area contributed by atoms with Gasteiger partial charge in [0.2, 0.25) is 5.91 Å². The summed E-state index contributed by atoms with van der Waals surface area (Å²) in [5, 5.41) is 2.68. The van der Waals surface area contributed by atoms with Crippen LogP contribution >= 0.6 is 0 Å². The molecule has 0 spiro atoms. The molecule has 1 aliphatic heterocycles. The Morgan fingerprint density at radius 3 is 2.59 bits per heavy atom. The highest BCUT2D eigenvalue weighted by Crippen LogP contribution is 2.19. The maximum atomic E-state index is 12.4. The first-order valence-corrected chi connectivity index (χ1v) is 7.06. The topological polar surface area (TPSA) is 65.5 Å². The average molecular weight is 296 g/mol. The Bertz CT molecular complexity index is 660. The van der Waals surface area contributed by atoms with Crippen LogP contribution in [0.3, 0.4) is 0 Å². The fourth-order valence-electron chi connectivity index (χ4n) is 2.37. The lowest BCUT2D eigenvalue weighted by molar-refractivity contribution is -0.116. The van der Waals surface area contributed by atoms with Crippen molar-refractivity contribution in [1.82, 2.24) is 9.88 Å². The Morgan fingerprint density at radius 2 is 1.86 bits per heavy atom. The summed E-state index contributed by atoms with van der Waals surface area (Å²) in [6.07, 6.45) is 1.60. The molecule has 0 atom stereocenters. The molecule has 6 nitrogen and oxygen atoms in total. The number of urea groups is 1. The number of para-hydroxylation sites is 1. The van der Waals surface area contributed by atoms with E-state index in [1.807, 2.05) is 30.3 Å². The van der Waals surface area contributed by atoms with Crippen molar-refractivity contribution >= 4 is 23.4 Å². The van der Waals surface area contributed by atoms with Crippen LogP contribution in [0, 0.1) is 0 Å². The standard InChI is InChI=1S/C16H16N4O2/c21-15(18-14-8-4-5-9-17-14)12-19-10-11-20(16(19)22)13-6-2-1-3-7-13/h1-9H,10-12H2,(H,17,18,21). The Balaban J connectivity index is 1.60. The highest BCUT2D eigenvalue weighted by Gasteiger charge is 2.30. The molecule has 3 rings (SSSR count). The zero-order valence-corrected chi connectivity index (χ0v) is 12.0. The molecule has 1 fully saturated rings. The lowest BCUT2D eigenvalue weighted by atomic mass is 10.3. The monoisotopic (exact) mass is 296 g/mol. The first-order valence-electron chi connectivity index (χ1n) is 7.06. The number of carbonyl (C=O) groups excluding carboxylic acids is 2. The van der Waals surface area contributed by atoms with Crippen molar-refractivity contribution in [2.24, 2.45) is 0 Å². The first kappa shape index (κ1) is 14.1. The number of hydrogen-bond donors (Lipinski definition) is 1. The van der Waals surface area contributed by atoms with Crippen LogP contribution in [0.4, 0.5) is 16.3 Å². The van der Waals surface area contributed by atoms with Gasteiger partial charge in [0.1, 0.15) is 12.4 Å². The van der Waals surface area contributed by atoms with Gasteiger partial charge >= 0.3 is 6.03 Å². The number of nitrogens with one attached hydrogen (secondary N) is 1. The molecule has 0 unspecified atom stereocenters. The fraction of sp³-hybridized carbons (Fsp3) is 0.188. The van der Waals surface area contributed by atoms with Crippen molar-refractivity contribution in [2.75, 3.05) is 29.9 Å². The second-order valence-corrected chi connectivity index (χ2v) is 4.95. The third kappa shape index (κ3) is 3.06. The molecule has 2 heterocycles. The van der Waals surface area contributed by atoms with Gasteiger partial charge in [-0.05, 0) is 24.3 Å². The van der Waals surface area contributed by atoms with E-state index in [9.17, 15) is 9.59 Å². The molecule has 6 heteroatoms. The summed E-state index contributed by atoms with van der Waals surface area (Å²) in [7, 11) is 0. The number of carbonyl (C=O) groups is 2. The third-order valence-corrected chi connectivity index (χ3v) is 3.43. The molecular formula is C16H16N4O2. The third-order valence-electron chi connectivity index (χ3n) is 3.43. The molecule has 2 aromatic rings. The average Bonchev–Trinajstić information content (AvgIpc) is 2.90. The van der Waals surface area contributed by atoms with Gasteiger partial charge in [-0.2, -0.15) is 0 Å². The van der Waals surface area contributed by atoms with Gasteiger partial charge in [0.05, 0.1) is 0 Å². The number of anilines is 2. The summed E-state index contributed by atoms with van der Waals surface area (Å²) in [6, 6.07) is 14.6. The zero-order valence-electron chi connectivity index (χ0n) is 12.0. The van der Waals surface area contributed by atoms with Crippen molar-refractivity contribution in [2.45, 2.75) is 0 Å². The van der Waals surface area contributed by atoms with Gasteiger partial charge in [0.15, 0.2) is 0 Å². The molecule has 1 aromatic carbocycles. The highest BCUT2D eigenvalue weighted by atomic mass is 16.2. The summed E-state index contributed by atoms with van der Waals surface area (Å²) in [5.74, 6) is 0.237. The number of benzene rings is 1. The molecule has 112 valence electrons. The maximum Gasteiger partial charge on any atom is 0.325 e. The van der Waals surface area contributed by atoms with E-state index < -0.39 is 0 Å². The number of nitrogens with zero attached hydrogens (tertiary/aromatic N) is 3. The molecule has 1 aromatic heterocycles. The molecule has 1 N–H and O–H groups in total. The molecule has 1 saturated heterocycles. The summed E-state index contributed by atoms with van der Waals surface area (Å²) >= 11 is 0. The van der Waals surface area contributed by atoms with Gasteiger partial charge in [0.25, 0.3) is 0 Å². The number of aromatic nitrogens is 1. The Morgan fingerprint density at radius 1 is 1.09 bits per heavy atom. The summed E-state index contributed by atoms with van der Waals surface area (Å²) in [4.78, 5) is 31.6. The van der Waals surface area contributed by atoms with Gasteiger partial charge in [-0.3, -0.25) is 9.69 Å². The molecule has 1 aliphatic rings. The van der Waals surface area contributed by atoms with E-state index in [2.05, 4.69) is 10.3 Å². The molecular weight excluding hydrogens is 280 g/mol. The van der Waals surface area contributed by atoms with Crippen LogP contribution in [-0.2, 0) is 4.79 Å². The van der Waals surface area contributed by atoms with Crippen LogP contribution in [0.1, 0.15) is 0 Å². The van der Waals surface area contributed by atoms with Crippen molar-refractivity contribution < 1.29 is 9.59 Å². The second kappa shape index (κ2) is 6.26. The van der Waals surface area contributed by atoms with Crippen LogP contribution in [-0.4, -0.2) is 41.5 Å². The Kier molecular flexibility index (Phi) is 4.00. The molecule has 3 amide bonds. The summed E-state index contributed by atoms with van der Waals surface area (Å²) in [5.41, 5.74) is 0.847. The summed E-state index contributed by atoms with van der Waals surface area (Å²) in [6.45, 7) is 1.14. The second-order valence-electron chi connectivity index (χ2n) is 4.95. The molecule has 0 radical (unpaired) electrons. The van der Waals surface area contributed by atoms with Gasteiger partial charge in [-0.1, -0.05) is 24.3 Å². The van der Waals surface area contributed by atoms with Crippen LogP contribution in [0.25, 0.3) is 0 Å². The number of pyridine rings is 1. The minimum atomic E-state index is -0.248. The fourth-order valence-corrected chi connectivity index (χ4v) is 2.37. The highest BCUT2D eigenvalue weighted by molar-refractivity contribution is 5.99. The lowest BCUT2D eigenvalue weighted by Gasteiger charge is -2.18. The smallest absolute Gasteiger partial charge is 0.313 e. The maximum absolute atomic E-state index is 12.4. The van der Waals surface area contributed by atoms with E-state index in [-0.39, 0.29) is 18.5 Å². The van der Waals surface area contributed by atoms with E-state index in [1.165, 1.54) is 4.90 Å². The Labute approximate surface area is 128 Å². The van der Waals surface area contributed by atoms with Crippen molar-refractivity contribution in [3.63, 3.8) is 0 Å². The van der Waals surface area contributed by atoms with E-state index in [4.69, 9.17) is 0 Å². The van der Waals surface area contributed by atoms with Crippen LogP contribution in [0.2, 0.25) is 0 Å². The van der Waals surface area contributed by atoms with Crippen LogP contribution < -0.4 is 10.2 Å². The SMILES string of the molecule is O=C(CN1CCN(c2ccccc2)C1=O)Nc1ccccn1. The van der Waals surface area contributed by atoms with Crippen molar-refractivity contribution in [3.8, 4) is 0 Å². The largest absolute Gasteiger partial charge is 0.325 e. The van der Waals surface area contributed by atoms with E-state index in [0.29, 0.717) is 18.9 Å². The van der Waals surface area contributed by atoms with Gasteiger partial charge in [-0.15, -0.1) is 0 Å². The normalized spacial score (nSPS) is 14.3. The first-order chi connectivity index (χ1) is 10.7. The predicted octanol–water partition coefficient (Wildman–Crippen LogP) is 1.96. The quantitative estimate of drug-likeness (QED) is 0.938. The molecule has 22 heavy (non-hydrogen) atoms. The van der Waals surface area contributed by atoms with Crippen LogP contribution in [0.5, 0.6) is 0 Å². The predicted molar refractivity (Wildman–Crippen MR) is 83.6 cm³/mol. The molecule has 0 saturated carbocycles. The lowest BCUT2D eigenvalue weighted by Crippen LogP contribution is -2.37. The van der Waals surface area contributed by atoms with Gasteiger partial charge in [0, 0.05) is 25.0 Å². The number of amides is 3. The molecule has 0 bridgehead atoms. The van der Waals surface area contributed by atoms with Crippen LogP contribution in [0.15, 0.2) is 54.7 Å². The van der Waals surface area contributed by atoms with Crippen molar-refractivity contribution in [1.29, 1.82) is 0 Å². The van der Waals surface area contributed by atoms with E-state index in [1.54, 1.807) is 29.3 Å².